The third-order valence-electron chi connectivity index (χ3n) is 3.74. The van der Waals surface area contributed by atoms with Crippen LogP contribution in [-0.2, 0) is 11.2 Å². The number of hydrogen-bond acceptors (Lipinski definition) is 2. The highest BCUT2D eigenvalue weighted by molar-refractivity contribution is 6.06. The predicted octanol–water partition coefficient (Wildman–Crippen LogP) is 2.60. The third-order valence-corrected chi connectivity index (χ3v) is 3.74. The molecular formula is C17H18N2O2. The molecule has 4 nitrogen and oxygen atoms in total. The van der Waals surface area contributed by atoms with Gasteiger partial charge in [0.1, 0.15) is 12.4 Å². The highest BCUT2D eigenvalue weighted by atomic mass is 16.4. The van der Waals surface area contributed by atoms with Gasteiger partial charge in [0.05, 0.1) is 0 Å². The SMILES string of the molecule is CC1(C)Cc2c(ccc3ccccc23)C(=NCC(=O)O)N1. The number of nitrogens with zero attached hydrogens (tertiary/aromatic N) is 1. The van der Waals surface area contributed by atoms with E-state index in [9.17, 15) is 4.79 Å². The summed E-state index contributed by atoms with van der Waals surface area (Å²) < 4.78 is 0. The van der Waals surface area contributed by atoms with E-state index in [1.54, 1.807) is 0 Å². The Labute approximate surface area is 123 Å². The van der Waals surface area contributed by atoms with Crippen molar-refractivity contribution in [2.45, 2.75) is 25.8 Å². The number of aliphatic carboxylic acids is 1. The van der Waals surface area contributed by atoms with Gasteiger partial charge in [-0.3, -0.25) is 9.79 Å². The lowest BCUT2D eigenvalue weighted by atomic mass is 9.84. The van der Waals surface area contributed by atoms with Gasteiger partial charge in [0.25, 0.3) is 0 Å². The minimum atomic E-state index is -0.921. The first kappa shape index (κ1) is 13.6. The predicted molar refractivity (Wildman–Crippen MR) is 83.9 cm³/mol. The highest BCUT2D eigenvalue weighted by Crippen LogP contribution is 2.30. The third kappa shape index (κ3) is 2.61. The van der Waals surface area contributed by atoms with E-state index in [4.69, 9.17) is 5.11 Å². The van der Waals surface area contributed by atoms with E-state index >= 15 is 0 Å². The largest absolute Gasteiger partial charge is 0.480 e. The molecule has 0 aromatic heterocycles. The number of carboxylic acid groups (broad SMARTS) is 1. The van der Waals surface area contributed by atoms with E-state index in [-0.39, 0.29) is 12.1 Å². The summed E-state index contributed by atoms with van der Waals surface area (Å²) in [6.45, 7) is 3.99. The zero-order valence-electron chi connectivity index (χ0n) is 12.2. The number of amidine groups is 1. The molecule has 0 fully saturated rings. The van der Waals surface area contributed by atoms with Crippen LogP contribution in [0.4, 0.5) is 0 Å². The molecule has 0 bridgehead atoms. The van der Waals surface area contributed by atoms with Crippen LogP contribution in [0.3, 0.4) is 0 Å². The molecule has 1 aliphatic heterocycles. The first-order valence-corrected chi connectivity index (χ1v) is 7.02. The van der Waals surface area contributed by atoms with Crippen LogP contribution in [0.2, 0.25) is 0 Å². The van der Waals surface area contributed by atoms with E-state index in [2.05, 4.69) is 42.4 Å². The van der Waals surface area contributed by atoms with Gasteiger partial charge < -0.3 is 10.4 Å². The number of carboxylic acids is 1. The Morgan fingerprint density at radius 3 is 2.81 bits per heavy atom. The van der Waals surface area contributed by atoms with Gasteiger partial charge in [0.2, 0.25) is 0 Å². The first-order chi connectivity index (χ1) is 9.96. The molecule has 0 unspecified atom stereocenters. The monoisotopic (exact) mass is 282 g/mol. The minimum Gasteiger partial charge on any atom is -0.480 e. The second-order valence-electron chi connectivity index (χ2n) is 6.06. The molecule has 21 heavy (non-hydrogen) atoms. The maximum absolute atomic E-state index is 10.8. The molecule has 0 saturated heterocycles. The van der Waals surface area contributed by atoms with Crippen LogP contribution in [0, 0.1) is 0 Å². The summed E-state index contributed by atoms with van der Waals surface area (Å²) in [7, 11) is 0. The van der Waals surface area contributed by atoms with Gasteiger partial charge in [-0.25, -0.2) is 0 Å². The standard InChI is InChI=1S/C17H18N2O2/c1-17(2)9-14-12-6-4-3-5-11(12)7-8-13(14)16(19-17)18-10-15(20)21/h3-8H,9-10H2,1-2H3,(H,18,19)(H,20,21). The first-order valence-electron chi connectivity index (χ1n) is 7.02. The minimum absolute atomic E-state index is 0.144. The molecule has 1 heterocycles. The van der Waals surface area contributed by atoms with Crippen LogP contribution >= 0.6 is 0 Å². The second-order valence-corrected chi connectivity index (χ2v) is 6.06. The van der Waals surface area contributed by atoms with Crippen LogP contribution in [0.15, 0.2) is 41.4 Å². The quantitative estimate of drug-likeness (QED) is 0.890. The number of benzene rings is 2. The summed E-state index contributed by atoms with van der Waals surface area (Å²) in [6, 6.07) is 12.4. The van der Waals surface area contributed by atoms with Crippen molar-refractivity contribution in [3.63, 3.8) is 0 Å². The van der Waals surface area contributed by atoms with Gasteiger partial charge in [-0.15, -0.1) is 0 Å². The van der Waals surface area contributed by atoms with Crippen molar-refractivity contribution in [1.29, 1.82) is 0 Å². The topological polar surface area (TPSA) is 61.7 Å². The van der Waals surface area contributed by atoms with Crippen LogP contribution in [0.25, 0.3) is 10.8 Å². The molecule has 1 aliphatic rings. The Morgan fingerprint density at radius 2 is 2.05 bits per heavy atom. The molecule has 0 spiro atoms. The van der Waals surface area contributed by atoms with Crippen LogP contribution in [-0.4, -0.2) is 29.0 Å². The maximum atomic E-state index is 10.8. The highest BCUT2D eigenvalue weighted by Gasteiger charge is 2.29. The van der Waals surface area contributed by atoms with E-state index in [0.29, 0.717) is 5.84 Å². The average molecular weight is 282 g/mol. The summed E-state index contributed by atoms with van der Waals surface area (Å²) in [5.41, 5.74) is 2.10. The molecule has 2 N–H and O–H groups in total. The van der Waals surface area contributed by atoms with Crippen molar-refractivity contribution < 1.29 is 9.90 Å². The number of carbonyl (C=O) groups is 1. The van der Waals surface area contributed by atoms with Crippen molar-refractivity contribution in [1.82, 2.24) is 5.32 Å². The summed E-state index contributed by atoms with van der Waals surface area (Å²) in [4.78, 5) is 15.0. The molecule has 0 aliphatic carbocycles. The summed E-state index contributed by atoms with van der Waals surface area (Å²) in [5.74, 6) is -0.246. The molecule has 108 valence electrons. The van der Waals surface area contributed by atoms with Crippen molar-refractivity contribution in [2.75, 3.05) is 6.54 Å². The fourth-order valence-corrected chi connectivity index (χ4v) is 2.89. The summed E-state index contributed by atoms with van der Waals surface area (Å²) >= 11 is 0. The van der Waals surface area contributed by atoms with Gasteiger partial charge in [-0.1, -0.05) is 36.4 Å². The molecule has 0 radical (unpaired) electrons. The molecule has 0 atom stereocenters. The lowest BCUT2D eigenvalue weighted by Gasteiger charge is -2.35. The van der Waals surface area contributed by atoms with Gasteiger partial charge in [-0.05, 0) is 36.6 Å². The Hall–Kier alpha value is -2.36. The van der Waals surface area contributed by atoms with Crippen molar-refractivity contribution >= 4 is 22.6 Å². The van der Waals surface area contributed by atoms with Gasteiger partial charge in [0.15, 0.2) is 0 Å². The smallest absolute Gasteiger partial charge is 0.325 e. The van der Waals surface area contributed by atoms with E-state index < -0.39 is 5.97 Å². The van der Waals surface area contributed by atoms with Gasteiger partial charge in [0, 0.05) is 11.1 Å². The summed E-state index contributed by atoms with van der Waals surface area (Å²) in [5, 5.41) is 14.6. The number of hydrogen-bond donors (Lipinski definition) is 2. The lowest BCUT2D eigenvalue weighted by Crippen LogP contribution is -2.49. The number of fused-ring (bicyclic) bond motifs is 3. The van der Waals surface area contributed by atoms with Crippen LogP contribution in [0.1, 0.15) is 25.0 Å². The maximum Gasteiger partial charge on any atom is 0.325 e. The van der Waals surface area contributed by atoms with E-state index in [1.165, 1.54) is 16.3 Å². The van der Waals surface area contributed by atoms with Gasteiger partial charge in [-0.2, -0.15) is 0 Å². The molecule has 3 rings (SSSR count). The lowest BCUT2D eigenvalue weighted by molar-refractivity contribution is -0.135. The molecule has 0 amide bonds. The molecule has 0 saturated carbocycles. The Morgan fingerprint density at radius 1 is 1.29 bits per heavy atom. The van der Waals surface area contributed by atoms with Crippen molar-refractivity contribution in [3.05, 3.63) is 47.5 Å². The number of aliphatic imine (C=N–C) groups is 1. The van der Waals surface area contributed by atoms with Gasteiger partial charge >= 0.3 is 5.97 Å². The zero-order valence-corrected chi connectivity index (χ0v) is 12.2. The summed E-state index contributed by atoms with van der Waals surface area (Å²) in [6.07, 6.45) is 0.885. The molecular weight excluding hydrogens is 264 g/mol. The second kappa shape index (κ2) is 4.88. The average Bonchev–Trinajstić information content (AvgIpc) is 2.43. The Kier molecular flexibility index (Phi) is 3.16. The van der Waals surface area contributed by atoms with E-state index in [1.807, 2.05) is 18.2 Å². The number of nitrogens with one attached hydrogen (secondary N) is 1. The zero-order chi connectivity index (χ0) is 15.0. The fourth-order valence-electron chi connectivity index (χ4n) is 2.89. The normalized spacial score (nSPS) is 18.3. The molecule has 2 aromatic carbocycles. The van der Waals surface area contributed by atoms with Crippen LogP contribution in [0.5, 0.6) is 0 Å². The Bertz CT molecular complexity index is 748. The number of rotatable bonds is 2. The van der Waals surface area contributed by atoms with Crippen LogP contribution < -0.4 is 5.32 Å². The van der Waals surface area contributed by atoms with E-state index in [0.717, 1.165) is 12.0 Å². The molecule has 2 aromatic rings. The van der Waals surface area contributed by atoms with Crippen molar-refractivity contribution in [2.24, 2.45) is 4.99 Å². The fraction of sp³-hybridized carbons (Fsp3) is 0.294. The molecule has 4 heteroatoms. The van der Waals surface area contributed by atoms with Crippen molar-refractivity contribution in [3.8, 4) is 0 Å². The Balaban J connectivity index is 2.19.